The third kappa shape index (κ3) is 3.67. The largest absolute Gasteiger partial charge is 0.463 e. The second-order valence-electron chi connectivity index (χ2n) is 8.94. The molecule has 8 heteroatoms. The molecule has 1 aliphatic carbocycles. The van der Waals surface area contributed by atoms with Gasteiger partial charge >= 0.3 is 17.9 Å². The van der Waals surface area contributed by atoms with Crippen LogP contribution < -0.4 is 0 Å². The van der Waals surface area contributed by atoms with Crippen molar-refractivity contribution in [1.29, 1.82) is 0 Å². The molecule has 0 spiro atoms. The van der Waals surface area contributed by atoms with Crippen LogP contribution >= 0.6 is 0 Å². The van der Waals surface area contributed by atoms with Crippen LogP contribution in [0.15, 0.2) is 23.8 Å². The number of carbonyl (C=O) groups is 3. The highest BCUT2D eigenvalue weighted by molar-refractivity contribution is 5.91. The van der Waals surface area contributed by atoms with Crippen LogP contribution in [-0.2, 0) is 38.1 Å². The minimum Gasteiger partial charge on any atom is -0.463 e. The highest BCUT2D eigenvalue weighted by Gasteiger charge is 2.62. The average Bonchev–Trinajstić information content (AvgIpc) is 3.50. The molecule has 164 valence electrons. The molecule has 0 bridgehead atoms. The summed E-state index contributed by atoms with van der Waals surface area (Å²) in [6.45, 7) is 10.7. The Morgan fingerprint density at radius 3 is 2.67 bits per heavy atom. The van der Waals surface area contributed by atoms with Crippen LogP contribution in [0.1, 0.15) is 47.0 Å². The van der Waals surface area contributed by atoms with E-state index in [-0.39, 0.29) is 30.8 Å². The molecule has 0 radical (unpaired) electrons. The number of fused-ring (bicyclic) bond motifs is 2. The molecule has 0 unspecified atom stereocenters. The molecule has 0 amide bonds. The molecule has 30 heavy (non-hydrogen) atoms. The van der Waals surface area contributed by atoms with Crippen molar-refractivity contribution in [3.63, 3.8) is 0 Å². The van der Waals surface area contributed by atoms with Crippen molar-refractivity contribution in [2.45, 2.75) is 82.6 Å². The van der Waals surface area contributed by atoms with Gasteiger partial charge < -0.3 is 23.7 Å². The van der Waals surface area contributed by atoms with Gasteiger partial charge in [0, 0.05) is 18.9 Å². The molecule has 3 saturated heterocycles. The molecule has 4 rings (SSSR count). The van der Waals surface area contributed by atoms with Gasteiger partial charge in [0.05, 0.1) is 18.1 Å². The van der Waals surface area contributed by atoms with Gasteiger partial charge in [-0.3, -0.25) is 4.79 Å². The van der Waals surface area contributed by atoms with Gasteiger partial charge in [-0.2, -0.15) is 0 Å². The number of esters is 3. The zero-order valence-electron chi connectivity index (χ0n) is 17.8. The third-order valence-corrected chi connectivity index (χ3v) is 6.69. The maximum atomic E-state index is 12.8. The Morgan fingerprint density at radius 1 is 1.33 bits per heavy atom. The SMILES string of the molecule is C=C1C(=O)O[C@@H]2/C=C(\C)CC[C@@H]3O[C@]3(COC(C)=O)C[C@@H](OC(=O)[C@@]3(C)O[C@@H]3C)[C@@H]12. The number of ether oxygens (including phenoxy) is 5. The van der Waals surface area contributed by atoms with Crippen molar-refractivity contribution in [2.24, 2.45) is 5.92 Å². The van der Waals surface area contributed by atoms with Crippen molar-refractivity contribution in [2.75, 3.05) is 6.61 Å². The second-order valence-corrected chi connectivity index (χ2v) is 8.94. The van der Waals surface area contributed by atoms with Crippen LogP contribution in [0, 0.1) is 5.92 Å². The normalized spacial score (nSPS) is 44.0. The minimum absolute atomic E-state index is 0.0622. The number of carbonyl (C=O) groups excluding carboxylic acids is 3. The molecule has 3 aliphatic heterocycles. The molecule has 0 N–H and O–H groups in total. The number of epoxide rings is 2. The van der Waals surface area contributed by atoms with Crippen molar-refractivity contribution >= 4 is 17.9 Å². The predicted molar refractivity (Wildman–Crippen MR) is 103 cm³/mol. The standard InChI is InChI=1S/C22H28O8/c1-11-6-7-17-22(30-17,10-26-14(4)23)9-16(28-20(25)21(5)13(3)29-21)18-12(2)19(24)27-15(18)8-11/h8,13,15-18H,2,6-7,9-10H2,1,3-5H3/b11-8+/t13-,15-,16-,17+,18+,21+,22+/m1/s1. The van der Waals surface area contributed by atoms with Crippen LogP contribution in [0.2, 0.25) is 0 Å². The van der Waals surface area contributed by atoms with Gasteiger partial charge in [-0.15, -0.1) is 0 Å². The number of hydrogen-bond donors (Lipinski definition) is 0. The maximum Gasteiger partial charge on any atom is 0.341 e. The first-order valence-electron chi connectivity index (χ1n) is 10.3. The molecular formula is C22H28O8. The van der Waals surface area contributed by atoms with Gasteiger partial charge in [-0.25, -0.2) is 9.59 Å². The van der Waals surface area contributed by atoms with Crippen LogP contribution in [0.25, 0.3) is 0 Å². The number of rotatable bonds is 4. The summed E-state index contributed by atoms with van der Waals surface area (Å²) in [7, 11) is 0. The lowest BCUT2D eigenvalue weighted by atomic mass is 9.82. The van der Waals surface area contributed by atoms with Crippen LogP contribution in [0.5, 0.6) is 0 Å². The van der Waals surface area contributed by atoms with E-state index in [2.05, 4.69) is 6.58 Å². The van der Waals surface area contributed by atoms with Crippen molar-refractivity contribution in [3.05, 3.63) is 23.8 Å². The lowest BCUT2D eigenvalue weighted by molar-refractivity contribution is -0.160. The summed E-state index contributed by atoms with van der Waals surface area (Å²) in [5.41, 5.74) is -0.463. The Kier molecular flexibility index (Phi) is 5.05. The van der Waals surface area contributed by atoms with Gasteiger partial charge in [0.15, 0.2) is 5.60 Å². The van der Waals surface area contributed by atoms with Crippen LogP contribution in [0.4, 0.5) is 0 Å². The van der Waals surface area contributed by atoms with Crippen molar-refractivity contribution < 1.29 is 38.1 Å². The topological polar surface area (TPSA) is 104 Å². The lowest BCUT2D eigenvalue weighted by Gasteiger charge is -2.29. The molecule has 0 aromatic heterocycles. The molecule has 3 fully saturated rings. The molecule has 7 atom stereocenters. The highest BCUT2D eigenvalue weighted by atomic mass is 16.7. The van der Waals surface area contributed by atoms with E-state index >= 15 is 0 Å². The summed E-state index contributed by atoms with van der Waals surface area (Å²) in [6.07, 6.45) is 1.98. The highest BCUT2D eigenvalue weighted by Crippen LogP contribution is 2.49. The van der Waals surface area contributed by atoms with E-state index < -0.39 is 47.2 Å². The van der Waals surface area contributed by atoms with Gasteiger partial charge in [-0.05, 0) is 39.7 Å². The van der Waals surface area contributed by atoms with E-state index in [0.717, 1.165) is 18.4 Å². The average molecular weight is 420 g/mol. The van der Waals surface area contributed by atoms with Crippen molar-refractivity contribution in [1.82, 2.24) is 0 Å². The fraction of sp³-hybridized carbons (Fsp3) is 0.682. The molecule has 3 heterocycles. The van der Waals surface area contributed by atoms with E-state index in [0.29, 0.717) is 0 Å². The summed E-state index contributed by atoms with van der Waals surface area (Å²) in [6, 6.07) is 0. The Hall–Kier alpha value is -2.19. The van der Waals surface area contributed by atoms with Gasteiger partial charge in [0.2, 0.25) is 0 Å². The Balaban J connectivity index is 1.66. The Morgan fingerprint density at radius 2 is 2.03 bits per heavy atom. The second kappa shape index (κ2) is 7.20. The van der Waals surface area contributed by atoms with Gasteiger partial charge in [0.25, 0.3) is 0 Å². The fourth-order valence-electron chi connectivity index (χ4n) is 4.45. The molecule has 0 saturated carbocycles. The number of allylic oxidation sites excluding steroid dienone is 1. The summed E-state index contributed by atoms with van der Waals surface area (Å²) in [5.74, 6) is -1.96. The molecular weight excluding hydrogens is 392 g/mol. The first-order chi connectivity index (χ1) is 14.1. The summed E-state index contributed by atoms with van der Waals surface area (Å²) in [5, 5.41) is 0. The van der Waals surface area contributed by atoms with E-state index in [1.165, 1.54) is 6.92 Å². The molecule has 4 aliphatic rings. The first kappa shape index (κ1) is 21.1. The van der Waals surface area contributed by atoms with Gasteiger partial charge in [0.1, 0.15) is 24.4 Å². The lowest BCUT2D eigenvalue weighted by Crippen LogP contribution is -2.42. The van der Waals surface area contributed by atoms with Crippen LogP contribution in [0.3, 0.4) is 0 Å². The van der Waals surface area contributed by atoms with E-state index in [1.807, 2.05) is 13.0 Å². The van der Waals surface area contributed by atoms with Gasteiger partial charge in [-0.1, -0.05) is 12.2 Å². The molecule has 0 aromatic carbocycles. The fourth-order valence-corrected chi connectivity index (χ4v) is 4.45. The maximum absolute atomic E-state index is 12.8. The first-order valence-corrected chi connectivity index (χ1v) is 10.3. The van der Waals surface area contributed by atoms with Crippen LogP contribution in [-0.4, -0.2) is 60.1 Å². The summed E-state index contributed by atoms with van der Waals surface area (Å²) >= 11 is 0. The van der Waals surface area contributed by atoms with E-state index in [4.69, 9.17) is 23.7 Å². The third-order valence-electron chi connectivity index (χ3n) is 6.69. The number of hydrogen-bond acceptors (Lipinski definition) is 8. The minimum atomic E-state index is -1.01. The summed E-state index contributed by atoms with van der Waals surface area (Å²) < 4.78 is 28.1. The quantitative estimate of drug-likeness (QED) is 0.224. The predicted octanol–water partition coefficient (Wildman–Crippen LogP) is 2.00. The zero-order valence-corrected chi connectivity index (χ0v) is 17.8. The zero-order chi connectivity index (χ0) is 21.8. The van der Waals surface area contributed by atoms with E-state index in [9.17, 15) is 14.4 Å². The Labute approximate surface area is 175 Å². The monoisotopic (exact) mass is 420 g/mol. The molecule has 8 nitrogen and oxygen atoms in total. The Bertz CT molecular complexity index is 831. The summed E-state index contributed by atoms with van der Waals surface area (Å²) in [4.78, 5) is 36.6. The smallest absolute Gasteiger partial charge is 0.341 e. The molecule has 0 aromatic rings. The van der Waals surface area contributed by atoms with Crippen molar-refractivity contribution in [3.8, 4) is 0 Å². The van der Waals surface area contributed by atoms with E-state index in [1.54, 1.807) is 13.8 Å².